The van der Waals surface area contributed by atoms with Crippen molar-refractivity contribution in [2.75, 3.05) is 14.1 Å². The molecule has 0 aromatic rings. The van der Waals surface area contributed by atoms with Crippen LogP contribution in [-0.2, 0) is 0 Å². The van der Waals surface area contributed by atoms with Gasteiger partial charge in [0.15, 0.2) is 0 Å². The van der Waals surface area contributed by atoms with Gasteiger partial charge in [-0.1, -0.05) is 0 Å². The molecule has 1 atom stereocenters. The molecular weight excluding hydrogens is 192 g/mol. The first-order valence-electron chi connectivity index (χ1n) is 4.74. The van der Waals surface area contributed by atoms with Crippen molar-refractivity contribution in [1.82, 2.24) is 4.90 Å². The van der Waals surface area contributed by atoms with Gasteiger partial charge in [-0.3, -0.25) is 0 Å². The topological polar surface area (TPSA) is 3.24 Å². The van der Waals surface area contributed by atoms with E-state index in [2.05, 4.69) is 36.9 Å². The van der Waals surface area contributed by atoms with Crippen LogP contribution >= 0.6 is 0 Å². The molecule has 11 heavy (non-hydrogen) atoms. The average molecular weight is 214 g/mol. The summed E-state index contributed by atoms with van der Waals surface area (Å²) in [6, 6.07) is 0.836. The van der Waals surface area contributed by atoms with E-state index >= 15 is 0 Å². The molecule has 0 saturated carbocycles. The Balaban J connectivity index is 3.52. The van der Waals surface area contributed by atoms with Gasteiger partial charge in [0, 0.05) is 0 Å². The van der Waals surface area contributed by atoms with E-state index in [0.29, 0.717) is 0 Å². The third kappa shape index (κ3) is 5.82. The van der Waals surface area contributed by atoms with E-state index in [9.17, 15) is 0 Å². The number of rotatable bonds is 5. The fourth-order valence-corrected chi connectivity index (χ4v) is 3.56. The van der Waals surface area contributed by atoms with Crippen LogP contribution in [0.15, 0.2) is 0 Å². The van der Waals surface area contributed by atoms with Gasteiger partial charge in [-0.15, -0.1) is 0 Å². The predicted octanol–water partition coefficient (Wildman–Crippen LogP) is 2.47. The van der Waals surface area contributed by atoms with Crippen LogP contribution in [0.25, 0.3) is 0 Å². The van der Waals surface area contributed by atoms with Crippen molar-refractivity contribution in [2.24, 2.45) is 0 Å². The summed E-state index contributed by atoms with van der Waals surface area (Å²) in [7, 11) is 4.39. The molecular formula is C9H22GaN. The molecule has 0 amide bonds. The molecule has 0 aliphatic heterocycles. The van der Waals surface area contributed by atoms with Gasteiger partial charge in [-0.05, 0) is 0 Å². The van der Waals surface area contributed by atoms with Crippen LogP contribution in [0.1, 0.15) is 19.8 Å². The summed E-state index contributed by atoms with van der Waals surface area (Å²) in [6.45, 7) is 2.29. The zero-order valence-electron chi connectivity index (χ0n) is 8.72. The first kappa shape index (κ1) is 11.6. The zero-order valence-corrected chi connectivity index (χ0v) is 11.1. The Kier molecular flexibility index (Phi) is 6.48. The molecule has 0 saturated heterocycles. The van der Waals surface area contributed by atoms with Gasteiger partial charge in [0.05, 0.1) is 0 Å². The minimum atomic E-state index is -0.714. The normalized spacial score (nSPS) is 13.6. The van der Waals surface area contributed by atoms with Gasteiger partial charge < -0.3 is 0 Å². The van der Waals surface area contributed by atoms with E-state index < -0.39 is 16.2 Å². The van der Waals surface area contributed by atoms with Crippen LogP contribution in [0.5, 0.6) is 0 Å². The third-order valence-corrected chi connectivity index (χ3v) is 5.40. The standard InChI is InChI=1S/C7H16N.2CH3.Ga/c1-5-7(6-2)8(3)4;;;/h7H,1,5-6H2,2-4H3;2*1H3;. The third-order valence-electron chi connectivity index (χ3n) is 2.28. The van der Waals surface area contributed by atoms with Crippen molar-refractivity contribution in [3.63, 3.8) is 0 Å². The van der Waals surface area contributed by atoms with Gasteiger partial charge in [-0.2, -0.15) is 0 Å². The van der Waals surface area contributed by atoms with E-state index in [1.807, 2.05) is 0 Å². The van der Waals surface area contributed by atoms with E-state index in [1.54, 1.807) is 4.98 Å². The molecule has 0 aromatic carbocycles. The molecule has 1 nitrogen and oxygen atoms in total. The van der Waals surface area contributed by atoms with Crippen molar-refractivity contribution in [3.05, 3.63) is 0 Å². The Bertz CT molecular complexity index is 91.6. The molecule has 0 N–H and O–H groups in total. The molecule has 66 valence electrons. The molecule has 2 heteroatoms. The molecule has 0 heterocycles. The monoisotopic (exact) mass is 213 g/mol. The SMILES string of the molecule is CCC(C[CH2][Ga]([CH3])[CH3])N(C)C. The molecule has 0 aliphatic carbocycles. The quantitative estimate of drug-likeness (QED) is 0.635. The molecule has 0 rings (SSSR count). The Morgan fingerprint density at radius 2 is 1.82 bits per heavy atom. The van der Waals surface area contributed by atoms with Crippen molar-refractivity contribution in [3.8, 4) is 0 Å². The Hall–Kier alpha value is 0.596. The van der Waals surface area contributed by atoms with E-state index in [1.165, 1.54) is 12.8 Å². The van der Waals surface area contributed by atoms with E-state index in [4.69, 9.17) is 0 Å². The number of hydrogen-bond acceptors (Lipinski definition) is 1. The minimum absolute atomic E-state index is 0.714. The van der Waals surface area contributed by atoms with Crippen LogP contribution in [0.3, 0.4) is 0 Å². The zero-order chi connectivity index (χ0) is 8.85. The van der Waals surface area contributed by atoms with Crippen LogP contribution in [0, 0.1) is 0 Å². The first-order valence-corrected chi connectivity index (χ1v) is 11.3. The molecule has 0 bridgehead atoms. The van der Waals surface area contributed by atoms with Crippen LogP contribution in [0.4, 0.5) is 0 Å². The fraction of sp³-hybridized carbons (Fsp3) is 1.00. The van der Waals surface area contributed by atoms with Crippen molar-refractivity contribution in [2.45, 2.75) is 41.7 Å². The maximum atomic E-state index is 2.48. The summed E-state index contributed by atoms with van der Waals surface area (Å²) in [6.07, 6.45) is 2.74. The second kappa shape index (κ2) is 6.15. The fourth-order valence-electron chi connectivity index (χ4n) is 1.35. The summed E-state index contributed by atoms with van der Waals surface area (Å²) >= 11 is -0.714. The average Bonchev–Trinajstić information content (AvgIpc) is 1.87. The second-order valence-corrected chi connectivity index (χ2v) is 11.1. The second-order valence-electron chi connectivity index (χ2n) is 4.00. The molecule has 1 unspecified atom stereocenters. The van der Waals surface area contributed by atoms with Crippen molar-refractivity contribution < 1.29 is 0 Å². The first-order chi connectivity index (χ1) is 5.07. The summed E-state index contributed by atoms with van der Waals surface area (Å²) < 4.78 is 0. The molecule has 0 aliphatic rings. The van der Waals surface area contributed by atoms with Crippen LogP contribution < -0.4 is 0 Å². The Labute approximate surface area is 77.2 Å². The Morgan fingerprint density at radius 3 is 2.09 bits per heavy atom. The Morgan fingerprint density at radius 1 is 1.27 bits per heavy atom. The van der Waals surface area contributed by atoms with E-state index in [-0.39, 0.29) is 0 Å². The van der Waals surface area contributed by atoms with Gasteiger partial charge in [0.1, 0.15) is 0 Å². The summed E-state index contributed by atoms with van der Waals surface area (Å²) in [4.78, 5) is 3.91. The van der Waals surface area contributed by atoms with Crippen LogP contribution in [0.2, 0.25) is 15.9 Å². The molecule has 0 aromatic heterocycles. The predicted molar refractivity (Wildman–Crippen MR) is 54.7 cm³/mol. The van der Waals surface area contributed by atoms with Crippen LogP contribution in [-0.4, -0.2) is 41.3 Å². The van der Waals surface area contributed by atoms with Gasteiger partial charge >= 0.3 is 77.0 Å². The number of nitrogens with zero attached hydrogens (tertiary/aromatic N) is 1. The molecule has 0 fully saturated rings. The van der Waals surface area contributed by atoms with Gasteiger partial charge in [0.25, 0.3) is 0 Å². The van der Waals surface area contributed by atoms with Gasteiger partial charge in [-0.25, -0.2) is 0 Å². The molecule has 0 radical (unpaired) electrons. The summed E-state index contributed by atoms with van der Waals surface area (Å²) in [5, 5.41) is 0. The number of hydrogen-bond donors (Lipinski definition) is 0. The maximum absolute atomic E-state index is 2.48. The molecule has 0 spiro atoms. The van der Waals surface area contributed by atoms with Crippen molar-refractivity contribution >= 4 is 16.2 Å². The van der Waals surface area contributed by atoms with Crippen molar-refractivity contribution in [1.29, 1.82) is 0 Å². The van der Waals surface area contributed by atoms with Gasteiger partial charge in [0.2, 0.25) is 0 Å². The van der Waals surface area contributed by atoms with E-state index in [0.717, 1.165) is 6.04 Å². The summed E-state index contributed by atoms with van der Waals surface area (Å²) in [5.41, 5.74) is 4.96. The summed E-state index contributed by atoms with van der Waals surface area (Å²) in [5.74, 6) is 0.